The van der Waals surface area contributed by atoms with Crippen LogP contribution in [0.3, 0.4) is 0 Å². The van der Waals surface area contributed by atoms with Crippen molar-refractivity contribution in [1.29, 1.82) is 0 Å². The molecule has 0 radical (unpaired) electrons. The maximum Gasteiger partial charge on any atom is 0.0954 e. The van der Waals surface area contributed by atoms with E-state index in [0.29, 0.717) is 6.42 Å². The Morgan fingerprint density at radius 3 is 2.86 bits per heavy atom. The van der Waals surface area contributed by atoms with Crippen molar-refractivity contribution in [3.8, 4) is 0 Å². The molecule has 1 aliphatic rings. The summed E-state index contributed by atoms with van der Waals surface area (Å²) in [5.74, 6) is 0. The Balaban J connectivity index is 1.97. The normalized spacial score (nSPS) is 21.9. The molecular formula is C18H24N2O. The molecule has 0 amide bonds. The number of nitrogens with zero attached hydrogens (tertiary/aromatic N) is 2. The van der Waals surface area contributed by atoms with Crippen LogP contribution in [-0.4, -0.2) is 14.9 Å². The van der Waals surface area contributed by atoms with E-state index in [1.807, 2.05) is 17.8 Å². The average Bonchev–Trinajstić information content (AvgIpc) is 2.74. The van der Waals surface area contributed by atoms with Crippen molar-refractivity contribution in [1.82, 2.24) is 9.78 Å². The van der Waals surface area contributed by atoms with E-state index < -0.39 is 5.60 Å². The van der Waals surface area contributed by atoms with E-state index in [1.165, 1.54) is 5.56 Å². The maximum atomic E-state index is 11.3. The minimum Gasteiger partial charge on any atom is -0.385 e. The van der Waals surface area contributed by atoms with E-state index in [-0.39, 0.29) is 0 Å². The molecule has 2 aromatic rings. The fraction of sp³-hybridized carbons (Fsp3) is 0.500. The molecule has 0 fully saturated rings. The molecule has 1 aromatic carbocycles. The highest BCUT2D eigenvalue weighted by Crippen LogP contribution is 2.36. The van der Waals surface area contributed by atoms with Crippen LogP contribution < -0.4 is 0 Å². The molecule has 1 N–H and O–H groups in total. The van der Waals surface area contributed by atoms with Crippen LogP contribution in [0, 0.1) is 0 Å². The van der Waals surface area contributed by atoms with Gasteiger partial charge in [-0.1, -0.05) is 31.2 Å². The molecule has 1 atom stereocenters. The third-order valence-corrected chi connectivity index (χ3v) is 4.67. The molecule has 0 saturated carbocycles. The molecule has 1 heterocycles. The van der Waals surface area contributed by atoms with Gasteiger partial charge in [-0.25, -0.2) is 0 Å². The summed E-state index contributed by atoms with van der Waals surface area (Å²) in [5.41, 5.74) is 3.87. The Hall–Kier alpha value is -1.61. The van der Waals surface area contributed by atoms with E-state index in [9.17, 15) is 5.11 Å². The zero-order valence-electron chi connectivity index (χ0n) is 13.0. The number of aryl methyl sites for hydroxylation is 3. The lowest BCUT2D eigenvalue weighted by Gasteiger charge is -2.29. The average molecular weight is 284 g/mol. The highest BCUT2D eigenvalue weighted by atomic mass is 16.3. The van der Waals surface area contributed by atoms with Crippen molar-refractivity contribution >= 4 is 0 Å². The molecule has 3 rings (SSSR count). The maximum absolute atomic E-state index is 11.3. The first-order chi connectivity index (χ1) is 10.1. The standard InChI is InChI=1S/C18H24N2O/c1-3-15-12-16(20(2)19-15)13-18(21)11-7-6-9-14-8-4-5-10-17(14)18/h4-5,8,10,12,21H,3,6-7,9,11,13H2,1-2H3. The van der Waals surface area contributed by atoms with Crippen LogP contribution >= 0.6 is 0 Å². The number of benzene rings is 1. The topological polar surface area (TPSA) is 38.0 Å². The third-order valence-electron chi connectivity index (χ3n) is 4.67. The van der Waals surface area contributed by atoms with Gasteiger partial charge >= 0.3 is 0 Å². The summed E-state index contributed by atoms with van der Waals surface area (Å²) in [5, 5.41) is 15.8. The van der Waals surface area contributed by atoms with Gasteiger partial charge in [-0.15, -0.1) is 0 Å². The summed E-state index contributed by atoms with van der Waals surface area (Å²) >= 11 is 0. The first-order valence-corrected chi connectivity index (χ1v) is 7.95. The number of hydrogen-bond acceptors (Lipinski definition) is 2. The van der Waals surface area contributed by atoms with Crippen LogP contribution in [0.4, 0.5) is 0 Å². The van der Waals surface area contributed by atoms with Gasteiger partial charge in [0.2, 0.25) is 0 Å². The molecule has 3 nitrogen and oxygen atoms in total. The molecule has 112 valence electrons. The largest absolute Gasteiger partial charge is 0.385 e. The van der Waals surface area contributed by atoms with Gasteiger partial charge in [0.25, 0.3) is 0 Å². The minimum atomic E-state index is -0.758. The van der Waals surface area contributed by atoms with Gasteiger partial charge < -0.3 is 5.11 Å². The summed E-state index contributed by atoms with van der Waals surface area (Å²) in [7, 11) is 1.97. The lowest BCUT2D eigenvalue weighted by molar-refractivity contribution is 0.0254. The number of hydrogen-bond donors (Lipinski definition) is 1. The molecule has 0 bridgehead atoms. The van der Waals surface area contributed by atoms with Crippen molar-refractivity contribution in [2.45, 2.75) is 51.0 Å². The van der Waals surface area contributed by atoms with Crippen molar-refractivity contribution in [2.75, 3.05) is 0 Å². The minimum absolute atomic E-state index is 0.646. The fourth-order valence-electron chi connectivity index (χ4n) is 3.45. The highest BCUT2D eigenvalue weighted by molar-refractivity contribution is 5.35. The lowest BCUT2D eigenvalue weighted by atomic mass is 9.84. The zero-order chi connectivity index (χ0) is 14.9. The second-order valence-electron chi connectivity index (χ2n) is 6.18. The highest BCUT2D eigenvalue weighted by Gasteiger charge is 2.33. The summed E-state index contributed by atoms with van der Waals surface area (Å²) in [6, 6.07) is 10.5. The second kappa shape index (κ2) is 5.64. The molecule has 0 aliphatic heterocycles. The molecule has 21 heavy (non-hydrogen) atoms. The number of aliphatic hydroxyl groups is 1. The smallest absolute Gasteiger partial charge is 0.0954 e. The molecule has 1 aliphatic carbocycles. The lowest BCUT2D eigenvalue weighted by Crippen LogP contribution is -2.29. The molecule has 3 heteroatoms. The first-order valence-electron chi connectivity index (χ1n) is 7.95. The molecule has 0 spiro atoms. The van der Waals surface area contributed by atoms with E-state index in [0.717, 1.165) is 49.1 Å². The van der Waals surface area contributed by atoms with E-state index >= 15 is 0 Å². The summed E-state index contributed by atoms with van der Waals surface area (Å²) < 4.78 is 1.92. The van der Waals surface area contributed by atoms with Crippen LogP contribution in [0.25, 0.3) is 0 Å². The van der Waals surface area contributed by atoms with Crippen molar-refractivity contribution < 1.29 is 5.11 Å². The van der Waals surface area contributed by atoms with Gasteiger partial charge in [0.05, 0.1) is 11.3 Å². The SMILES string of the molecule is CCc1cc(CC2(O)CCCCc3ccccc32)n(C)n1. The van der Waals surface area contributed by atoms with Gasteiger partial charge in [0, 0.05) is 19.2 Å². The van der Waals surface area contributed by atoms with Crippen molar-refractivity contribution in [2.24, 2.45) is 7.05 Å². The zero-order valence-corrected chi connectivity index (χ0v) is 13.0. The fourth-order valence-corrected chi connectivity index (χ4v) is 3.45. The molecular weight excluding hydrogens is 260 g/mol. The van der Waals surface area contributed by atoms with Gasteiger partial charge in [-0.2, -0.15) is 5.10 Å². The Morgan fingerprint density at radius 1 is 1.29 bits per heavy atom. The Morgan fingerprint density at radius 2 is 2.10 bits per heavy atom. The molecule has 1 unspecified atom stereocenters. The Kier molecular flexibility index (Phi) is 3.85. The van der Waals surface area contributed by atoms with Crippen LogP contribution in [-0.2, 0) is 31.9 Å². The Labute approximate surface area is 126 Å². The predicted molar refractivity (Wildman–Crippen MR) is 84.2 cm³/mol. The number of aromatic nitrogens is 2. The van der Waals surface area contributed by atoms with E-state index in [4.69, 9.17) is 0 Å². The second-order valence-corrected chi connectivity index (χ2v) is 6.18. The van der Waals surface area contributed by atoms with Gasteiger partial charge in [0.1, 0.15) is 0 Å². The molecule has 0 saturated heterocycles. The van der Waals surface area contributed by atoms with Crippen molar-refractivity contribution in [3.63, 3.8) is 0 Å². The van der Waals surface area contributed by atoms with Crippen molar-refractivity contribution in [3.05, 3.63) is 52.8 Å². The quantitative estimate of drug-likeness (QED) is 0.879. The van der Waals surface area contributed by atoms with E-state index in [1.54, 1.807) is 0 Å². The summed E-state index contributed by atoms with van der Waals surface area (Å²) in [6.07, 6.45) is 5.71. The van der Waals surface area contributed by atoms with Gasteiger partial charge in [-0.3, -0.25) is 4.68 Å². The summed E-state index contributed by atoms with van der Waals surface area (Å²) in [6.45, 7) is 2.11. The van der Waals surface area contributed by atoms with Gasteiger partial charge in [-0.05, 0) is 49.3 Å². The first kappa shape index (κ1) is 14.3. The monoisotopic (exact) mass is 284 g/mol. The van der Waals surface area contributed by atoms with Crippen LogP contribution in [0.5, 0.6) is 0 Å². The van der Waals surface area contributed by atoms with Crippen LogP contribution in [0.2, 0.25) is 0 Å². The van der Waals surface area contributed by atoms with Crippen LogP contribution in [0.15, 0.2) is 30.3 Å². The Bertz CT molecular complexity index is 632. The number of fused-ring (bicyclic) bond motifs is 1. The van der Waals surface area contributed by atoms with E-state index in [2.05, 4.69) is 36.3 Å². The van der Waals surface area contributed by atoms with Crippen LogP contribution in [0.1, 0.15) is 48.7 Å². The predicted octanol–water partition coefficient (Wildman–Crippen LogP) is 3.14. The third kappa shape index (κ3) is 2.75. The summed E-state index contributed by atoms with van der Waals surface area (Å²) in [4.78, 5) is 0. The molecule has 1 aromatic heterocycles. The van der Waals surface area contributed by atoms with Gasteiger partial charge in [0.15, 0.2) is 0 Å². The number of rotatable bonds is 3.